The summed E-state index contributed by atoms with van der Waals surface area (Å²) in [7, 11) is 1.27. The number of hydrogen-bond acceptors (Lipinski definition) is 5. The molecule has 10 heteroatoms. The van der Waals surface area contributed by atoms with Crippen LogP contribution in [0.1, 0.15) is 21.6 Å². The van der Waals surface area contributed by atoms with E-state index in [4.69, 9.17) is 11.6 Å². The summed E-state index contributed by atoms with van der Waals surface area (Å²) in [5, 5.41) is 16.0. The summed E-state index contributed by atoms with van der Waals surface area (Å²) in [6.07, 6.45) is 0. The van der Waals surface area contributed by atoms with Gasteiger partial charge in [-0.05, 0) is 18.6 Å². The molecular weight excluding hydrogens is 314 g/mol. The molecule has 2 heterocycles. The Morgan fingerprint density at radius 1 is 1.68 bits per heavy atom. The summed E-state index contributed by atoms with van der Waals surface area (Å²) in [4.78, 5) is 27.8. The Labute approximate surface area is 131 Å². The third kappa shape index (κ3) is 3.42. The average molecular weight is 328 g/mol. The highest BCUT2D eigenvalue weighted by Gasteiger charge is 2.23. The number of nitrogens with one attached hydrogen (secondary N) is 1. The molecule has 2 rings (SSSR count). The molecule has 22 heavy (non-hydrogen) atoms. The molecule has 0 aliphatic carbocycles. The van der Waals surface area contributed by atoms with E-state index >= 15 is 0 Å². The van der Waals surface area contributed by atoms with E-state index in [0.29, 0.717) is 30.8 Å². The minimum atomic E-state index is -0.758. The van der Waals surface area contributed by atoms with Crippen LogP contribution in [-0.4, -0.2) is 47.0 Å². The maximum Gasteiger partial charge on any atom is 0.356 e. The molecule has 1 aliphatic heterocycles. The summed E-state index contributed by atoms with van der Waals surface area (Å²) in [5.74, 6) is -0.389. The van der Waals surface area contributed by atoms with E-state index in [-0.39, 0.29) is 16.8 Å². The van der Waals surface area contributed by atoms with Crippen molar-refractivity contribution in [2.45, 2.75) is 13.5 Å². The lowest BCUT2D eigenvalue weighted by Gasteiger charge is -2.17. The number of carbonyl (C=O) groups excluding carboxylic acids is 1. The van der Waals surface area contributed by atoms with Crippen molar-refractivity contribution in [3.8, 4) is 0 Å². The van der Waals surface area contributed by atoms with Crippen LogP contribution in [0.25, 0.3) is 0 Å². The Kier molecular flexibility index (Phi) is 4.76. The van der Waals surface area contributed by atoms with Crippen molar-refractivity contribution in [1.82, 2.24) is 15.2 Å². The zero-order valence-corrected chi connectivity index (χ0v) is 12.8. The summed E-state index contributed by atoms with van der Waals surface area (Å²) < 4.78 is 4.63. The smallest absolute Gasteiger partial charge is 0.356 e. The summed E-state index contributed by atoms with van der Waals surface area (Å²) >= 11 is 6.09. The molecule has 0 unspecified atom stereocenters. The van der Waals surface area contributed by atoms with Crippen LogP contribution < -0.4 is 5.32 Å². The molecule has 0 aromatic carbocycles. The number of hydrazone groups is 1. The van der Waals surface area contributed by atoms with Crippen LogP contribution in [0.15, 0.2) is 11.2 Å². The van der Waals surface area contributed by atoms with Crippen LogP contribution in [0.5, 0.6) is 0 Å². The highest BCUT2D eigenvalue weighted by atomic mass is 35.5. The van der Waals surface area contributed by atoms with Crippen LogP contribution in [0.3, 0.4) is 0 Å². The minimum absolute atomic E-state index is 0.148. The zero-order valence-electron chi connectivity index (χ0n) is 12.0. The first-order chi connectivity index (χ1) is 10.4. The molecule has 1 N–H and O–H groups in total. The second-order valence-electron chi connectivity index (χ2n) is 4.61. The number of guanidine groups is 1. The van der Waals surface area contributed by atoms with E-state index < -0.39 is 11.0 Å². The van der Waals surface area contributed by atoms with Crippen molar-refractivity contribution in [3.63, 3.8) is 0 Å². The lowest BCUT2D eigenvalue weighted by Crippen LogP contribution is -2.30. The van der Waals surface area contributed by atoms with Crippen molar-refractivity contribution in [2.24, 2.45) is 5.10 Å². The Balaban J connectivity index is 2.25. The Hall–Kier alpha value is -2.42. The largest absolute Gasteiger partial charge is 0.464 e. The van der Waals surface area contributed by atoms with Crippen molar-refractivity contribution < 1.29 is 14.6 Å². The van der Waals surface area contributed by atoms with Gasteiger partial charge in [0.1, 0.15) is 10.3 Å². The van der Waals surface area contributed by atoms with Crippen molar-refractivity contribution in [3.05, 3.63) is 38.2 Å². The topological polar surface area (TPSA) is 110 Å². The second kappa shape index (κ2) is 6.56. The number of halogens is 1. The first kappa shape index (κ1) is 16.0. The lowest BCUT2D eigenvalue weighted by atomic mass is 10.1. The van der Waals surface area contributed by atoms with Gasteiger partial charge in [-0.25, -0.2) is 19.9 Å². The molecular formula is C12H14ClN5O4. The van der Waals surface area contributed by atoms with E-state index in [1.54, 1.807) is 17.9 Å². The number of rotatable bonds is 4. The maximum absolute atomic E-state index is 11.6. The average Bonchev–Trinajstić information content (AvgIpc) is 2.88. The van der Waals surface area contributed by atoms with Crippen molar-refractivity contribution in [1.29, 1.82) is 0 Å². The fraction of sp³-hybridized carbons (Fsp3) is 0.417. The van der Waals surface area contributed by atoms with E-state index in [0.717, 1.165) is 0 Å². The molecule has 1 aromatic rings. The lowest BCUT2D eigenvalue weighted by molar-refractivity contribution is -0.485. The number of nitrogens with zero attached hydrogens (tertiary/aromatic N) is 4. The molecule has 1 fully saturated rings. The van der Waals surface area contributed by atoms with Gasteiger partial charge in [-0.2, -0.15) is 0 Å². The first-order valence-electron chi connectivity index (χ1n) is 6.38. The van der Waals surface area contributed by atoms with Gasteiger partial charge < -0.3 is 15.0 Å². The molecule has 1 aliphatic rings. The molecule has 0 spiro atoms. The van der Waals surface area contributed by atoms with Crippen LogP contribution in [0, 0.1) is 17.0 Å². The van der Waals surface area contributed by atoms with Crippen LogP contribution in [-0.2, 0) is 11.3 Å². The van der Waals surface area contributed by atoms with Gasteiger partial charge in [0.05, 0.1) is 7.11 Å². The minimum Gasteiger partial charge on any atom is -0.464 e. The predicted octanol–water partition coefficient (Wildman–Crippen LogP) is 0.783. The molecule has 9 nitrogen and oxygen atoms in total. The SMILES string of the molecule is COC(=O)c1nc(Cl)c(CN2CCN/C2=N\[N+](=O)[O-])cc1C. The van der Waals surface area contributed by atoms with Crippen LogP contribution in [0.2, 0.25) is 5.15 Å². The third-order valence-corrected chi connectivity index (χ3v) is 3.45. The predicted molar refractivity (Wildman–Crippen MR) is 78.2 cm³/mol. The number of aromatic nitrogens is 1. The van der Waals surface area contributed by atoms with E-state index in [9.17, 15) is 14.9 Å². The van der Waals surface area contributed by atoms with Crippen molar-refractivity contribution >= 4 is 23.5 Å². The van der Waals surface area contributed by atoms with Crippen LogP contribution in [0.4, 0.5) is 0 Å². The molecule has 0 radical (unpaired) electrons. The third-order valence-electron chi connectivity index (χ3n) is 3.12. The number of ether oxygens (including phenoxy) is 1. The fourth-order valence-electron chi connectivity index (χ4n) is 2.12. The number of carbonyl (C=O) groups is 1. The van der Waals surface area contributed by atoms with Gasteiger partial charge in [-0.1, -0.05) is 11.6 Å². The monoisotopic (exact) mass is 327 g/mol. The molecule has 1 saturated heterocycles. The van der Waals surface area contributed by atoms with Gasteiger partial charge in [0.25, 0.3) is 5.96 Å². The summed E-state index contributed by atoms with van der Waals surface area (Å²) in [6.45, 7) is 3.12. The quantitative estimate of drug-likeness (QED) is 0.376. The van der Waals surface area contributed by atoms with Crippen LogP contribution >= 0.6 is 11.6 Å². The summed E-state index contributed by atoms with van der Waals surface area (Å²) in [5.41, 5.74) is 1.41. The van der Waals surface area contributed by atoms with Gasteiger partial charge >= 0.3 is 5.97 Å². The van der Waals surface area contributed by atoms with Gasteiger partial charge in [0.2, 0.25) is 0 Å². The zero-order chi connectivity index (χ0) is 16.3. The highest BCUT2D eigenvalue weighted by Crippen LogP contribution is 2.20. The number of esters is 1. The fourth-order valence-corrected chi connectivity index (χ4v) is 2.32. The maximum atomic E-state index is 11.6. The van der Waals surface area contributed by atoms with Gasteiger partial charge in [0, 0.05) is 25.2 Å². The standard InChI is InChI=1S/C12H14ClN5O4/c1-7-5-8(10(13)15-9(7)11(19)22-2)6-17-4-3-14-12(17)16-18(20)21/h5H,3-4,6H2,1-2H3,(H,14,16). The number of pyridine rings is 1. The van der Waals surface area contributed by atoms with Gasteiger partial charge in [-0.3, -0.25) is 0 Å². The van der Waals surface area contributed by atoms with Gasteiger partial charge in [0.15, 0.2) is 10.7 Å². The number of methoxy groups -OCH3 is 1. The normalized spacial score (nSPS) is 15.8. The Morgan fingerprint density at radius 3 is 3.05 bits per heavy atom. The molecule has 0 saturated carbocycles. The Bertz CT molecular complexity index is 649. The van der Waals surface area contributed by atoms with Gasteiger partial charge in [-0.15, -0.1) is 0 Å². The van der Waals surface area contributed by atoms with E-state index in [1.807, 2.05) is 0 Å². The highest BCUT2D eigenvalue weighted by molar-refractivity contribution is 6.30. The number of hydrogen-bond donors (Lipinski definition) is 1. The first-order valence-corrected chi connectivity index (χ1v) is 6.76. The molecule has 0 amide bonds. The van der Waals surface area contributed by atoms with Crippen molar-refractivity contribution in [2.75, 3.05) is 20.2 Å². The molecule has 0 bridgehead atoms. The second-order valence-corrected chi connectivity index (χ2v) is 4.96. The van der Waals surface area contributed by atoms with E-state index in [2.05, 4.69) is 20.1 Å². The molecule has 118 valence electrons. The number of aryl methyl sites for hydroxylation is 1. The number of nitro groups is 1. The Morgan fingerprint density at radius 2 is 2.41 bits per heavy atom. The summed E-state index contributed by atoms with van der Waals surface area (Å²) in [6, 6.07) is 1.71. The van der Waals surface area contributed by atoms with E-state index in [1.165, 1.54) is 7.11 Å². The molecule has 1 aromatic heterocycles. The molecule has 0 atom stereocenters.